The number of hydrogen-bond acceptors (Lipinski definition) is 5. The minimum absolute atomic E-state index is 0.0235. The van der Waals surface area contributed by atoms with Crippen molar-refractivity contribution in [3.8, 4) is 12.3 Å². The minimum Gasteiger partial charge on any atom is -0.346 e. The molecule has 27 heavy (non-hydrogen) atoms. The molecule has 0 aliphatic heterocycles. The monoisotopic (exact) mass is 451 g/mol. The zero-order valence-corrected chi connectivity index (χ0v) is 17.6. The normalized spacial score (nSPS) is 12.1. The topological polar surface area (TPSA) is 104 Å². The van der Waals surface area contributed by atoms with Gasteiger partial charge in [-0.25, -0.2) is 8.42 Å². The third-order valence-corrected chi connectivity index (χ3v) is 6.05. The van der Waals surface area contributed by atoms with Gasteiger partial charge in [-0.15, -0.1) is 6.42 Å². The number of carbonyl (C=O) groups excluding carboxylic acids is 2. The Hall–Kier alpha value is -1.44. The zero-order chi connectivity index (χ0) is 20.4. The Labute approximate surface area is 173 Å². The number of halogens is 2. The number of nitrogens with one attached hydrogen (secondary N) is 3. The van der Waals surface area contributed by atoms with E-state index in [9.17, 15) is 18.0 Å². The standard InChI is InChI=1S/C16H19Cl2N3O4S2/c1-3-7-19-15(22)10-20-16(23)13(6-8-26-2)21-27(24,25)14-9-11(17)4-5-12(14)18/h1,4-5,9,13,21H,6-8,10H2,2H3,(H,19,22)(H,20,23). The highest BCUT2D eigenvalue weighted by atomic mass is 35.5. The van der Waals surface area contributed by atoms with Crippen LogP contribution in [0.5, 0.6) is 0 Å². The van der Waals surface area contributed by atoms with Crippen molar-refractivity contribution in [2.24, 2.45) is 0 Å². The molecule has 0 saturated heterocycles. The van der Waals surface area contributed by atoms with Crippen molar-refractivity contribution in [3.63, 3.8) is 0 Å². The van der Waals surface area contributed by atoms with E-state index in [1.54, 1.807) is 0 Å². The Morgan fingerprint density at radius 3 is 2.63 bits per heavy atom. The number of benzene rings is 1. The Bertz CT molecular complexity index is 825. The molecule has 0 aromatic heterocycles. The van der Waals surface area contributed by atoms with Crippen molar-refractivity contribution in [1.82, 2.24) is 15.4 Å². The molecule has 0 radical (unpaired) electrons. The summed E-state index contributed by atoms with van der Waals surface area (Å²) in [4.78, 5) is 23.7. The van der Waals surface area contributed by atoms with Crippen LogP contribution in [0.1, 0.15) is 6.42 Å². The Morgan fingerprint density at radius 2 is 2.00 bits per heavy atom. The SMILES string of the molecule is C#CCNC(=O)CNC(=O)C(CCSC)NS(=O)(=O)c1cc(Cl)ccc1Cl. The number of amides is 2. The summed E-state index contributed by atoms with van der Waals surface area (Å²) in [6, 6.07) is 2.92. The van der Waals surface area contributed by atoms with Gasteiger partial charge in [0.25, 0.3) is 0 Å². The molecule has 0 fully saturated rings. The lowest BCUT2D eigenvalue weighted by molar-refractivity contribution is -0.126. The van der Waals surface area contributed by atoms with Crippen molar-refractivity contribution < 1.29 is 18.0 Å². The highest BCUT2D eigenvalue weighted by molar-refractivity contribution is 7.98. The van der Waals surface area contributed by atoms with Gasteiger partial charge in [0, 0.05) is 5.02 Å². The highest BCUT2D eigenvalue weighted by Crippen LogP contribution is 2.25. The van der Waals surface area contributed by atoms with Crippen LogP contribution in [-0.4, -0.2) is 51.4 Å². The van der Waals surface area contributed by atoms with Crippen molar-refractivity contribution in [3.05, 3.63) is 28.2 Å². The quantitative estimate of drug-likeness (QED) is 0.464. The lowest BCUT2D eigenvalue weighted by atomic mass is 10.2. The summed E-state index contributed by atoms with van der Waals surface area (Å²) < 4.78 is 27.6. The number of terminal acetylenes is 1. The van der Waals surface area contributed by atoms with E-state index in [2.05, 4.69) is 21.3 Å². The maximum atomic E-state index is 12.6. The molecule has 7 nitrogen and oxygen atoms in total. The van der Waals surface area contributed by atoms with Gasteiger partial charge in [0.05, 0.1) is 18.1 Å². The molecule has 1 unspecified atom stereocenters. The first-order chi connectivity index (χ1) is 12.7. The summed E-state index contributed by atoms with van der Waals surface area (Å²) in [5.74, 6) is 1.64. The second-order valence-electron chi connectivity index (χ2n) is 5.23. The van der Waals surface area contributed by atoms with E-state index >= 15 is 0 Å². The summed E-state index contributed by atoms with van der Waals surface area (Å²) in [7, 11) is -4.10. The van der Waals surface area contributed by atoms with Crippen LogP contribution < -0.4 is 15.4 Å². The third-order valence-electron chi connectivity index (χ3n) is 3.22. The first-order valence-corrected chi connectivity index (χ1v) is 11.3. The van der Waals surface area contributed by atoms with Crippen LogP contribution >= 0.6 is 35.0 Å². The van der Waals surface area contributed by atoms with Gasteiger partial charge >= 0.3 is 0 Å². The van der Waals surface area contributed by atoms with Gasteiger partial charge in [0.2, 0.25) is 21.8 Å². The van der Waals surface area contributed by atoms with Crippen molar-refractivity contribution in [2.75, 3.05) is 25.1 Å². The van der Waals surface area contributed by atoms with Crippen molar-refractivity contribution in [1.29, 1.82) is 0 Å². The first kappa shape index (κ1) is 23.6. The molecular weight excluding hydrogens is 433 g/mol. The molecule has 0 spiro atoms. The highest BCUT2D eigenvalue weighted by Gasteiger charge is 2.27. The summed E-state index contributed by atoms with van der Waals surface area (Å²) >= 11 is 13.2. The second kappa shape index (κ2) is 11.4. The number of rotatable bonds is 10. The van der Waals surface area contributed by atoms with Gasteiger partial charge in [-0.2, -0.15) is 16.5 Å². The maximum absolute atomic E-state index is 12.6. The van der Waals surface area contributed by atoms with Gasteiger partial charge < -0.3 is 10.6 Å². The molecule has 0 bridgehead atoms. The van der Waals surface area contributed by atoms with Crippen LogP contribution in [0.25, 0.3) is 0 Å². The fourth-order valence-corrected chi connectivity index (χ4v) is 4.38. The van der Waals surface area contributed by atoms with Crippen LogP contribution in [0.2, 0.25) is 10.0 Å². The van der Waals surface area contributed by atoms with Crippen LogP contribution in [0.3, 0.4) is 0 Å². The molecule has 1 aromatic rings. The van der Waals surface area contributed by atoms with Gasteiger partial charge in [-0.1, -0.05) is 29.1 Å². The largest absolute Gasteiger partial charge is 0.346 e. The molecule has 3 N–H and O–H groups in total. The van der Waals surface area contributed by atoms with E-state index in [-0.39, 0.29) is 34.5 Å². The Morgan fingerprint density at radius 1 is 1.30 bits per heavy atom. The summed E-state index contributed by atoms with van der Waals surface area (Å²) in [5.41, 5.74) is 0. The molecule has 1 aromatic carbocycles. The van der Waals surface area contributed by atoms with E-state index in [1.807, 2.05) is 6.26 Å². The average Bonchev–Trinajstić information content (AvgIpc) is 2.63. The zero-order valence-electron chi connectivity index (χ0n) is 14.4. The summed E-state index contributed by atoms with van der Waals surface area (Å²) in [6.45, 7) is -0.291. The van der Waals surface area contributed by atoms with E-state index in [4.69, 9.17) is 29.6 Å². The molecule has 148 valence electrons. The predicted molar refractivity (Wildman–Crippen MR) is 108 cm³/mol. The lowest BCUT2D eigenvalue weighted by Crippen LogP contribution is -2.49. The summed E-state index contributed by atoms with van der Waals surface area (Å²) in [5, 5.41) is 4.94. The molecule has 1 rings (SSSR count). The van der Waals surface area contributed by atoms with Crippen LogP contribution in [0, 0.1) is 12.3 Å². The minimum atomic E-state index is -4.10. The second-order valence-corrected chi connectivity index (χ2v) is 8.74. The average molecular weight is 452 g/mol. The van der Waals surface area contributed by atoms with Gasteiger partial charge in [0.15, 0.2) is 0 Å². The summed E-state index contributed by atoms with van der Waals surface area (Å²) in [6.07, 6.45) is 7.07. The lowest BCUT2D eigenvalue weighted by Gasteiger charge is -2.18. The molecule has 0 heterocycles. The van der Waals surface area contributed by atoms with E-state index in [1.165, 1.54) is 30.0 Å². The van der Waals surface area contributed by atoms with Crippen molar-refractivity contribution >= 4 is 56.8 Å². The smallest absolute Gasteiger partial charge is 0.242 e. The van der Waals surface area contributed by atoms with Crippen LogP contribution in [0.15, 0.2) is 23.1 Å². The van der Waals surface area contributed by atoms with E-state index in [0.717, 1.165) is 0 Å². The third kappa shape index (κ3) is 7.99. The number of hydrogen-bond donors (Lipinski definition) is 3. The number of sulfonamides is 1. The van der Waals surface area contributed by atoms with Gasteiger partial charge in [-0.05, 0) is 36.6 Å². The van der Waals surface area contributed by atoms with Crippen LogP contribution in [-0.2, 0) is 19.6 Å². The fourth-order valence-electron chi connectivity index (χ4n) is 1.92. The number of thioether (sulfide) groups is 1. The van der Waals surface area contributed by atoms with Gasteiger partial charge in [-0.3, -0.25) is 9.59 Å². The molecule has 1 atom stereocenters. The molecule has 0 saturated carbocycles. The Kier molecular flexibility index (Phi) is 9.98. The first-order valence-electron chi connectivity index (χ1n) is 7.65. The maximum Gasteiger partial charge on any atom is 0.242 e. The predicted octanol–water partition coefficient (Wildman–Crippen LogP) is 1.26. The van der Waals surface area contributed by atoms with E-state index in [0.29, 0.717) is 5.75 Å². The Balaban J connectivity index is 2.89. The molecule has 2 amide bonds. The molecule has 0 aliphatic rings. The van der Waals surface area contributed by atoms with Crippen molar-refractivity contribution in [2.45, 2.75) is 17.4 Å². The number of carbonyl (C=O) groups is 2. The molecular formula is C16H19Cl2N3O4S2. The van der Waals surface area contributed by atoms with E-state index < -0.39 is 27.9 Å². The van der Waals surface area contributed by atoms with Gasteiger partial charge in [0.1, 0.15) is 10.9 Å². The fraction of sp³-hybridized carbons (Fsp3) is 0.375. The molecule has 11 heteroatoms. The van der Waals surface area contributed by atoms with Crippen LogP contribution in [0.4, 0.5) is 0 Å². The molecule has 0 aliphatic carbocycles.